The number of fused-ring (bicyclic) bond motifs is 1. The summed E-state index contributed by atoms with van der Waals surface area (Å²) in [6.45, 7) is 1.81. The van der Waals surface area contributed by atoms with Crippen LogP contribution < -0.4 is 16.2 Å². The second-order valence-corrected chi connectivity index (χ2v) is 7.00. The molecule has 1 aliphatic heterocycles. The molecule has 2 atom stereocenters. The van der Waals surface area contributed by atoms with Gasteiger partial charge in [-0.25, -0.2) is 9.98 Å². The SMILES string of the molecule is Cc1cc(=O)n2c(n1)NC(Nc1ccccc1Cl)=NC2C1CC=CCC1. The molecule has 2 N–H and O–H groups in total. The van der Waals surface area contributed by atoms with Crippen molar-refractivity contribution in [2.45, 2.75) is 32.4 Å². The average molecular weight is 370 g/mol. The first-order valence-electron chi connectivity index (χ1n) is 8.73. The van der Waals surface area contributed by atoms with Crippen molar-refractivity contribution in [2.24, 2.45) is 10.9 Å². The van der Waals surface area contributed by atoms with Gasteiger partial charge in [0.1, 0.15) is 6.17 Å². The van der Waals surface area contributed by atoms with Crippen LogP contribution in [0.5, 0.6) is 0 Å². The van der Waals surface area contributed by atoms with Crippen molar-refractivity contribution in [3.63, 3.8) is 0 Å². The summed E-state index contributed by atoms with van der Waals surface area (Å²) >= 11 is 6.25. The Labute approximate surface area is 156 Å². The second-order valence-electron chi connectivity index (χ2n) is 6.60. The van der Waals surface area contributed by atoms with Crippen LogP contribution in [0.4, 0.5) is 11.6 Å². The minimum atomic E-state index is -0.290. The number of aryl methyl sites for hydroxylation is 1. The molecule has 0 fully saturated rings. The summed E-state index contributed by atoms with van der Waals surface area (Å²) in [4.78, 5) is 21.9. The molecule has 2 heterocycles. The number of nitrogens with zero attached hydrogens (tertiary/aromatic N) is 3. The maximum Gasteiger partial charge on any atom is 0.256 e. The number of benzene rings is 1. The van der Waals surface area contributed by atoms with Crippen molar-refractivity contribution in [1.29, 1.82) is 0 Å². The molecule has 7 heteroatoms. The van der Waals surface area contributed by atoms with Gasteiger partial charge in [0.15, 0.2) is 0 Å². The lowest BCUT2D eigenvalue weighted by Crippen LogP contribution is -2.40. The Hall–Kier alpha value is -2.60. The highest BCUT2D eigenvalue weighted by molar-refractivity contribution is 6.33. The van der Waals surface area contributed by atoms with Gasteiger partial charge in [0, 0.05) is 17.7 Å². The lowest BCUT2D eigenvalue weighted by atomic mass is 9.91. The number of aromatic nitrogens is 2. The topological polar surface area (TPSA) is 71.3 Å². The number of para-hydroxylation sites is 1. The van der Waals surface area contributed by atoms with E-state index in [1.807, 2.05) is 31.2 Å². The van der Waals surface area contributed by atoms with Crippen LogP contribution >= 0.6 is 11.6 Å². The van der Waals surface area contributed by atoms with E-state index in [-0.39, 0.29) is 17.6 Å². The first kappa shape index (κ1) is 16.8. The fourth-order valence-electron chi connectivity index (χ4n) is 3.44. The Morgan fingerprint density at radius 1 is 1.31 bits per heavy atom. The zero-order valence-corrected chi connectivity index (χ0v) is 15.2. The Kier molecular flexibility index (Phi) is 4.51. The quantitative estimate of drug-likeness (QED) is 0.786. The van der Waals surface area contributed by atoms with Crippen molar-refractivity contribution >= 4 is 29.2 Å². The van der Waals surface area contributed by atoms with Crippen LogP contribution in [-0.4, -0.2) is 15.5 Å². The summed E-state index contributed by atoms with van der Waals surface area (Å²) in [6.07, 6.45) is 6.94. The van der Waals surface area contributed by atoms with Gasteiger partial charge in [0.05, 0.1) is 10.7 Å². The zero-order valence-electron chi connectivity index (χ0n) is 14.4. The molecule has 1 aromatic heterocycles. The summed E-state index contributed by atoms with van der Waals surface area (Å²) in [5, 5.41) is 6.97. The molecule has 0 saturated carbocycles. The van der Waals surface area contributed by atoms with Crippen molar-refractivity contribution in [3.8, 4) is 0 Å². The molecule has 0 radical (unpaired) electrons. The molecule has 6 nitrogen and oxygen atoms in total. The van der Waals surface area contributed by atoms with Crippen LogP contribution in [0.15, 0.2) is 52.3 Å². The van der Waals surface area contributed by atoms with Gasteiger partial charge in [-0.05, 0) is 38.3 Å². The number of rotatable bonds is 2. The maximum absolute atomic E-state index is 12.6. The first-order valence-corrected chi connectivity index (χ1v) is 9.11. The van der Waals surface area contributed by atoms with E-state index < -0.39 is 0 Å². The molecule has 1 aliphatic carbocycles. The van der Waals surface area contributed by atoms with Crippen molar-refractivity contribution in [2.75, 3.05) is 10.6 Å². The fourth-order valence-corrected chi connectivity index (χ4v) is 3.62. The van der Waals surface area contributed by atoms with Gasteiger partial charge in [0.2, 0.25) is 11.9 Å². The third-order valence-electron chi connectivity index (χ3n) is 4.69. The molecule has 134 valence electrons. The van der Waals surface area contributed by atoms with Crippen LogP contribution in [-0.2, 0) is 0 Å². The van der Waals surface area contributed by atoms with Crippen LogP contribution in [0, 0.1) is 12.8 Å². The van der Waals surface area contributed by atoms with E-state index in [2.05, 4.69) is 27.8 Å². The smallest absolute Gasteiger partial charge is 0.256 e. The van der Waals surface area contributed by atoms with E-state index in [4.69, 9.17) is 16.6 Å². The summed E-state index contributed by atoms with van der Waals surface area (Å²) in [6, 6.07) is 9.04. The number of nitrogens with one attached hydrogen (secondary N) is 2. The number of hydrogen-bond acceptors (Lipinski definition) is 5. The summed E-state index contributed by atoms with van der Waals surface area (Å²) in [5.41, 5.74) is 1.35. The highest BCUT2D eigenvalue weighted by atomic mass is 35.5. The molecule has 0 spiro atoms. The van der Waals surface area contributed by atoms with Crippen LogP contribution in [0.2, 0.25) is 5.02 Å². The number of hydrogen-bond donors (Lipinski definition) is 2. The van der Waals surface area contributed by atoms with Crippen molar-refractivity contribution in [1.82, 2.24) is 9.55 Å². The second kappa shape index (κ2) is 6.96. The van der Waals surface area contributed by atoms with Gasteiger partial charge in [-0.15, -0.1) is 0 Å². The number of aliphatic imine (C=N–C) groups is 1. The van der Waals surface area contributed by atoms with Crippen LogP contribution in [0.25, 0.3) is 0 Å². The molecule has 0 amide bonds. The molecular weight excluding hydrogens is 350 g/mol. The van der Waals surface area contributed by atoms with Crippen LogP contribution in [0.3, 0.4) is 0 Å². The molecule has 1 aromatic carbocycles. The van der Waals surface area contributed by atoms with Crippen molar-refractivity contribution in [3.05, 3.63) is 63.6 Å². The van der Waals surface area contributed by atoms with Gasteiger partial charge in [-0.3, -0.25) is 14.7 Å². The first-order chi connectivity index (χ1) is 12.6. The predicted molar refractivity (Wildman–Crippen MR) is 105 cm³/mol. The Morgan fingerprint density at radius 3 is 2.92 bits per heavy atom. The summed E-state index contributed by atoms with van der Waals surface area (Å²) in [7, 11) is 0. The van der Waals surface area contributed by atoms with E-state index >= 15 is 0 Å². The fraction of sp³-hybridized carbons (Fsp3) is 0.316. The van der Waals surface area contributed by atoms with Gasteiger partial charge < -0.3 is 5.32 Å². The number of guanidine groups is 1. The third kappa shape index (κ3) is 3.24. The zero-order chi connectivity index (χ0) is 18.1. The van der Waals surface area contributed by atoms with Gasteiger partial charge in [0.25, 0.3) is 5.56 Å². The van der Waals surface area contributed by atoms with E-state index in [9.17, 15) is 4.79 Å². The van der Waals surface area contributed by atoms with E-state index in [1.54, 1.807) is 10.6 Å². The summed E-state index contributed by atoms with van der Waals surface area (Å²) in [5.74, 6) is 1.32. The standard InChI is InChI=1S/C19H20ClN5O/c1-12-11-16(26)25-17(13-7-3-2-4-8-13)23-18(24-19(25)21-12)22-15-10-6-5-9-14(15)20/h2-3,5-6,9-11,13,17H,4,7-8H2,1H3,(H2,21,22,23,24). The Balaban J connectivity index is 1.74. The Morgan fingerprint density at radius 2 is 2.15 bits per heavy atom. The molecule has 2 aliphatic rings. The molecule has 2 unspecified atom stereocenters. The lowest BCUT2D eigenvalue weighted by molar-refractivity contribution is 0.308. The van der Waals surface area contributed by atoms with E-state index in [0.29, 0.717) is 22.6 Å². The summed E-state index contributed by atoms with van der Waals surface area (Å²) < 4.78 is 1.66. The highest BCUT2D eigenvalue weighted by Gasteiger charge is 2.30. The average Bonchev–Trinajstić information content (AvgIpc) is 2.63. The molecular formula is C19H20ClN5O. The minimum absolute atomic E-state index is 0.0832. The van der Waals surface area contributed by atoms with Gasteiger partial charge in [-0.2, -0.15) is 0 Å². The number of allylic oxidation sites excluding steroid dienone is 2. The van der Waals surface area contributed by atoms with Crippen molar-refractivity contribution < 1.29 is 0 Å². The predicted octanol–water partition coefficient (Wildman–Crippen LogP) is 3.95. The van der Waals surface area contributed by atoms with Gasteiger partial charge >= 0.3 is 0 Å². The van der Waals surface area contributed by atoms with E-state index in [1.165, 1.54) is 0 Å². The van der Waals surface area contributed by atoms with Crippen LogP contribution in [0.1, 0.15) is 31.1 Å². The lowest BCUT2D eigenvalue weighted by Gasteiger charge is -2.32. The third-order valence-corrected chi connectivity index (χ3v) is 5.02. The maximum atomic E-state index is 12.6. The Bertz CT molecular complexity index is 949. The molecule has 0 bridgehead atoms. The molecule has 26 heavy (non-hydrogen) atoms. The molecule has 2 aromatic rings. The van der Waals surface area contributed by atoms with Gasteiger partial charge in [-0.1, -0.05) is 35.9 Å². The molecule has 0 saturated heterocycles. The normalized spacial score (nSPS) is 21.5. The number of anilines is 2. The molecule has 4 rings (SSSR count). The van der Waals surface area contributed by atoms with E-state index in [0.717, 1.165) is 24.9 Å². The largest absolute Gasteiger partial charge is 0.325 e. The monoisotopic (exact) mass is 369 g/mol. The minimum Gasteiger partial charge on any atom is -0.325 e. The highest BCUT2D eigenvalue weighted by Crippen LogP contribution is 2.34. The number of halogens is 1.